The van der Waals surface area contributed by atoms with Gasteiger partial charge in [-0.3, -0.25) is 9.59 Å². The standard InChI is InChI=1S/C18H21N3O2S.ClH/c22-17(14-7-9-24-12-14)21-16-6-2-1-5-15(16)18(23)20-11-13-4-3-8-19-10-13;/h1-2,5-7,9,12-13,19H,3-4,8,10-11H2,(H,20,23)(H,21,22);1H. The number of para-hydroxylation sites is 1. The summed E-state index contributed by atoms with van der Waals surface area (Å²) in [4.78, 5) is 24.7. The Hall–Kier alpha value is -1.89. The van der Waals surface area contributed by atoms with E-state index < -0.39 is 0 Å². The Morgan fingerprint density at radius 3 is 2.76 bits per heavy atom. The molecule has 134 valence electrons. The van der Waals surface area contributed by atoms with Crippen molar-refractivity contribution >= 4 is 41.2 Å². The molecule has 2 amide bonds. The SMILES string of the molecule is Cl.O=C(Nc1ccccc1C(=O)NCC1CCCNC1)c1ccsc1. The fourth-order valence-corrected chi connectivity index (χ4v) is 3.44. The van der Waals surface area contributed by atoms with Crippen molar-refractivity contribution in [1.29, 1.82) is 0 Å². The largest absolute Gasteiger partial charge is 0.352 e. The number of carbonyl (C=O) groups is 2. The molecule has 1 atom stereocenters. The van der Waals surface area contributed by atoms with Gasteiger partial charge >= 0.3 is 0 Å². The van der Waals surface area contributed by atoms with E-state index in [1.807, 2.05) is 11.4 Å². The molecule has 2 aromatic rings. The molecule has 3 rings (SSSR count). The van der Waals surface area contributed by atoms with E-state index >= 15 is 0 Å². The van der Waals surface area contributed by atoms with Crippen molar-refractivity contribution in [3.05, 3.63) is 52.2 Å². The van der Waals surface area contributed by atoms with Gasteiger partial charge in [0.1, 0.15) is 0 Å². The van der Waals surface area contributed by atoms with Crippen molar-refractivity contribution in [2.24, 2.45) is 5.92 Å². The van der Waals surface area contributed by atoms with Crippen LogP contribution < -0.4 is 16.0 Å². The van der Waals surface area contributed by atoms with Crippen LogP contribution in [-0.4, -0.2) is 31.4 Å². The van der Waals surface area contributed by atoms with Crippen LogP contribution in [0.25, 0.3) is 0 Å². The van der Waals surface area contributed by atoms with Gasteiger partial charge in [-0.05, 0) is 55.4 Å². The van der Waals surface area contributed by atoms with Gasteiger partial charge in [0, 0.05) is 11.9 Å². The maximum Gasteiger partial charge on any atom is 0.256 e. The average Bonchev–Trinajstić information content (AvgIpc) is 3.16. The highest BCUT2D eigenvalue weighted by molar-refractivity contribution is 7.08. The van der Waals surface area contributed by atoms with Crippen molar-refractivity contribution in [3.8, 4) is 0 Å². The number of hydrogen-bond donors (Lipinski definition) is 3. The molecule has 1 aliphatic heterocycles. The number of hydrogen-bond acceptors (Lipinski definition) is 4. The van der Waals surface area contributed by atoms with Crippen molar-refractivity contribution in [2.75, 3.05) is 25.0 Å². The molecule has 1 aromatic carbocycles. The molecule has 1 aromatic heterocycles. The molecule has 0 spiro atoms. The van der Waals surface area contributed by atoms with Gasteiger partial charge in [0.05, 0.1) is 16.8 Å². The molecule has 1 saturated heterocycles. The van der Waals surface area contributed by atoms with Gasteiger partial charge in [0.15, 0.2) is 0 Å². The molecule has 0 saturated carbocycles. The molecular weight excluding hydrogens is 358 g/mol. The summed E-state index contributed by atoms with van der Waals surface area (Å²) in [6.45, 7) is 2.65. The first-order chi connectivity index (χ1) is 11.7. The molecule has 0 bridgehead atoms. The van der Waals surface area contributed by atoms with E-state index in [1.54, 1.807) is 29.6 Å². The van der Waals surface area contributed by atoms with Crippen LogP contribution in [0.4, 0.5) is 5.69 Å². The number of carbonyl (C=O) groups excluding carboxylic acids is 2. The summed E-state index contributed by atoms with van der Waals surface area (Å²) >= 11 is 1.47. The molecule has 2 heterocycles. The smallest absolute Gasteiger partial charge is 0.256 e. The Morgan fingerprint density at radius 2 is 2.04 bits per heavy atom. The lowest BCUT2D eigenvalue weighted by Crippen LogP contribution is -2.38. The van der Waals surface area contributed by atoms with Crippen LogP contribution in [0.15, 0.2) is 41.1 Å². The van der Waals surface area contributed by atoms with Gasteiger partial charge in [0.25, 0.3) is 11.8 Å². The van der Waals surface area contributed by atoms with Gasteiger partial charge in [-0.25, -0.2) is 0 Å². The molecule has 25 heavy (non-hydrogen) atoms. The van der Waals surface area contributed by atoms with Crippen molar-refractivity contribution in [2.45, 2.75) is 12.8 Å². The number of piperidine rings is 1. The summed E-state index contributed by atoms with van der Waals surface area (Å²) in [5.74, 6) is 0.116. The van der Waals surface area contributed by atoms with Crippen LogP contribution in [0, 0.1) is 5.92 Å². The van der Waals surface area contributed by atoms with E-state index in [0.717, 1.165) is 25.9 Å². The molecule has 1 unspecified atom stereocenters. The van der Waals surface area contributed by atoms with Crippen LogP contribution >= 0.6 is 23.7 Å². The second-order valence-corrected chi connectivity index (χ2v) is 6.71. The van der Waals surface area contributed by atoms with Crippen LogP contribution in [0.3, 0.4) is 0 Å². The number of nitrogens with one attached hydrogen (secondary N) is 3. The minimum absolute atomic E-state index is 0. The molecular formula is C18H22ClN3O2S. The highest BCUT2D eigenvalue weighted by Crippen LogP contribution is 2.17. The van der Waals surface area contributed by atoms with Gasteiger partial charge in [0.2, 0.25) is 0 Å². The molecule has 1 fully saturated rings. The van der Waals surface area contributed by atoms with E-state index in [9.17, 15) is 9.59 Å². The van der Waals surface area contributed by atoms with Crippen molar-refractivity contribution < 1.29 is 9.59 Å². The van der Waals surface area contributed by atoms with Crippen LogP contribution in [-0.2, 0) is 0 Å². The zero-order valence-corrected chi connectivity index (χ0v) is 15.4. The van der Waals surface area contributed by atoms with E-state index in [1.165, 1.54) is 11.3 Å². The Balaban J connectivity index is 0.00000225. The number of anilines is 1. The fraction of sp³-hybridized carbons (Fsp3) is 0.333. The lowest BCUT2D eigenvalue weighted by atomic mass is 9.99. The third-order valence-electron chi connectivity index (χ3n) is 4.15. The first-order valence-electron chi connectivity index (χ1n) is 8.15. The molecule has 0 radical (unpaired) electrons. The first kappa shape index (κ1) is 19.4. The number of halogens is 1. The number of amides is 2. The third kappa shape index (κ3) is 5.29. The van der Waals surface area contributed by atoms with Crippen LogP contribution in [0.1, 0.15) is 33.6 Å². The number of benzene rings is 1. The predicted molar refractivity (Wildman–Crippen MR) is 104 cm³/mol. The lowest BCUT2D eigenvalue weighted by molar-refractivity contribution is 0.0945. The van der Waals surface area contributed by atoms with E-state index in [0.29, 0.717) is 29.3 Å². The van der Waals surface area contributed by atoms with Crippen LogP contribution in [0.2, 0.25) is 0 Å². The molecule has 3 N–H and O–H groups in total. The summed E-state index contributed by atoms with van der Waals surface area (Å²) in [6.07, 6.45) is 2.28. The minimum atomic E-state index is -0.201. The summed E-state index contributed by atoms with van der Waals surface area (Å²) < 4.78 is 0. The monoisotopic (exact) mass is 379 g/mol. The summed E-state index contributed by atoms with van der Waals surface area (Å²) in [5.41, 5.74) is 1.63. The first-order valence-corrected chi connectivity index (χ1v) is 9.10. The topological polar surface area (TPSA) is 70.2 Å². The maximum absolute atomic E-state index is 12.5. The van der Waals surface area contributed by atoms with Gasteiger partial charge in [-0.1, -0.05) is 12.1 Å². The number of thiophene rings is 1. The Morgan fingerprint density at radius 1 is 1.20 bits per heavy atom. The third-order valence-corrected chi connectivity index (χ3v) is 4.84. The molecule has 1 aliphatic rings. The van der Waals surface area contributed by atoms with Gasteiger partial charge < -0.3 is 16.0 Å². The summed E-state index contributed by atoms with van der Waals surface area (Å²) in [5, 5.41) is 12.8. The van der Waals surface area contributed by atoms with Crippen molar-refractivity contribution in [3.63, 3.8) is 0 Å². The van der Waals surface area contributed by atoms with Crippen molar-refractivity contribution in [1.82, 2.24) is 10.6 Å². The van der Waals surface area contributed by atoms with Gasteiger partial charge in [-0.2, -0.15) is 11.3 Å². The second kappa shape index (κ2) is 9.56. The highest BCUT2D eigenvalue weighted by atomic mass is 35.5. The second-order valence-electron chi connectivity index (χ2n) is 5.93. The maximum atomic E-state index is 12.5. The molecule has 7 heteroatoms. The lowest BCUT2D eigenvalue weighted by Gasteiger charge is -2.23. The van der Waals surface area contributed by atoms with E-state index in [4.69, 9.17) is 0 Å². The summed E-state index contributed by atoms with van der Waals surface area (Å²) in [7, 11) is 0. The Kier molecular flexibility index (Phi) is 7.43. The summed E-state index contributed by atoms with van der Waals surface area (Å²) in [6, 6.07) is 8.86. The normalized spacial score (nSPS) is 16.6. The van der Waals surface area contributed by atoms with E-state index in [2.05, 4.69) is 16.0 Å². The zero-order valence-electron chi connectivity index (χ0n) is 13.8. The molecule has 0 aliphatic carbocycles. The van der Waals surface area contributed by atoms with E-state index in [-0.39, 0.29) is 24.2 Å². The molecule has 5 nitrogen and oxygen atoms in total. The Bertz CT molecular complexity index is 700. The predicted octanol–water partition coefficient (Wildman–Crippen LogP) is 3.15. The minimum Gasteiger partial charge on any atom is -0.352 e. The average molecular weight is 380 g/mol. The Labute approximate surface area is 157 Å². The number of rotatable bonds is 5. The highest BCUT2D eigenvalue weighted by Gasteiger charge is 2.17. The zero-order chi connectivity index (χ0) is 16.8. The van der Waals surface area contributed by atoms with Gasteiger partial charge in [-0.15, -0.1) is 12.4 Å². The fourth-order valence-electron chi connectivity index (χ4n) is 2.81. The van der Waals surface area contributed by atoms with Crippen LogP contribution in [0.5, 0.6) is 0 Å². The quantitative estimate of drug-likeness (QED) is 0.747.